The molecule has 0 fully saturated rings. The summed E-state index contributed by atoms with van der Waals surface area (Å²) >= 11 is 1.73. The van der Waals surface area contributed by atoms with Crippen molar-refractivity contribution in [1.29, 1.82) is 0 Å². The normalized spacial score (nSPS) is 14.2. The minimum Gasteiger partial charge on any atom is -0.390 e. The molecule has 2 aromatic heterocycles. The zero-order valence-corrected chi connectivity index (χ0v) is 11.6. The first-order valence-electron chi connectivity index (χ1n) is 6.59. The number of rotatable bonds is 1. The summed E-state index contributed by atoms with van der Waals surface area (Å²) in [4.78, 5) is 9.58. The van der Waals surface area contributed by atoms with Gasteiger partial charge in [-0.1, -0.05) is 6.07 Å². The van der Waals surface area contributed by atoms with E-state index in [0.717, 1.165) is 33.8 Å². The molecule has 4 rings (SSSR count). The van der Waals surface area contributed by atoms with Gasteiger partial charge in [0.25, 0.3) is 0 Å². The van der Waals surface area contributed by atoms with E-state index < -0.39 is 0 Å². The van der Waals surface area contributed by atoms with Crippen LogP contribution >= 0.6 is 11.3 Å². The lowest BCUT2D eigenvalue weighted by atomic mass is 10.1. The van der Waals surface area contributed by atoms with Crippen LogP contribution in [0.2, 0.25) is 0 Å². The van der Waals surface area contributed by atoms with Crippen LogP contribution in [0, 0.1) is 6.92 Å². The van der Waals surface area contributed by atoms with Crippen LogP contribution in [-0.4, -0.2) is 9.97 Å². The number of thiophene rings is 1. The molecule has 0 amide bonds. The maximum absolute atomic E-state index is 6.19. The lowest BCUT2D eigenvalue weighted by Crippen LogP contribution is -1.89. The average Bonchev–Trinajstić information content (AvgIpc) is 3.01. The minimum absolute atomic E-state index is 0.903. The SMILES string of the molecule is Cc1ccc2nc(-c3c(N)sc4c3CCC4)[nH]c2c1. The smallest absolute Gasteiger partial charge is 0.141 e. The van der Waals surface area contributed by atoms with Crippen LogP contribution in [0.25, 0.3) is 22.4 Å². The van der Waals surface area contributed by atoms with E-state index >= 15 is 0 Å². The first-order valence-corrected chi connectivity index (χ1v) is 7.41. The Bertz CT molecular complexity index is 782. The minimum atomic E-state index is 0.903. The van der Waals surface area contributed by atoms with Crippen molar-refractivity contribution in [2.24, 2.45) is 0 Å². The first kappa shape index (κ1) is 11.1. The monoisotopic (exact) mass is 269 g/mol. The number of aromatic nitrogens is 2. The van der Waals surface area contributed by atoms with Gasteiger partial charge in [0, 0.05) is 4.88 Å². The number of aromatic amines is 1. The van der Waals surface area contributed by atoms with Gasteiger partial charge >= 0.3 is 0 Å². The topological polar surface area (TPSA) is 54.7 Å². The standard InChI is InChI=1S/C15H15N3S/c1-8-5-6-10-11(7-8)18-15(17-10)13-9-3-2-4-12(9)19-14(13)16/h5-7H,2-4,16H2,1H3,(H,17,18). The number of imidazole rings is 1. The molecule has 3 aromatic rings. The Morgan fingerprint density at radius 3 is 3.11 bits per heavy atom. The summed E-state index contributed by atoms with van der Waals surface area (Å²) < 4.78 is 0. The van der Waals surface area contributed by atoms with Crippen LogP contribution in [0.5, 0.6) is 0 Å². The van der Waals surface area contributed by atoms with Crippen molar-refractivity contribution in [3.63, 3.8) is 0 Å². The third kappa shape index (κ3) is 1.60. The summed E-state index contributed by atoms with van der Waals surface area (Å²) in [5.41, 5.74) is 12.1. The number of hydrogen-bond acceptors (Lipinski definition) is 3. The Morgan fingerprint density at radius 2 is 2.21 bits per heavy atom. The highest BCUT2D eigenvalue weighted by Crippen LogP contribution is 2.42. The number of nitrogens with zero attached hydrogens (tertiary/aromatic N) is 1. The predicted molar refractivity (Wildman–Crippen MR) is 80.6 cm³/mol. The van der Waals surface area contributed by atoms with E-state index in [4.69, 9.17) is 10.7 Å². The van der Waals surface area contributed by atoms with Crippen molar-refractivity contribution in [2.75, 3.05) is 5.73 Å². The van der Waals surface area contributed by atoms with Crippen LogP contribution in [0.1, 0.15) is 22.4 Å². The van der Waals surface area contributed by atoms with Gasteiger partial charge < -0.3 is 10.7 Å². The fourth-order valence-corrected chi connectivity index (χ4v) is 4.09. The Hall–Kier alpha value is -1.81. The molecule has 19 heavy (non-hydrogen) atoms. The second kappa shape index (κ2) is 3.84. The van der Waals surface area contributed by atoms with Crippen molar-refractivity contribution in [3.05, 3.63) is 34.2 Å². The van der Waals surface area contributed by atoms with Gasteiger partial charge in [0.05, 0.1) is 21.6 Å². The second-order valence-electron chi connectivity index (χ2n) is 5.20. The molecule has 0 atom stereocenters. The summed E-state index contributed by atoms with van der Waals surface area (Å²) in [6.45, 7) is 2.09. The van der Waals surface area contributed by atoms with Crippen LogP contribution in [0.15, 0.2) is 18.2 Å². The van der Waals surface area contributed by atoms with Crippen molar-refractivity contribution >= 4 is 27.4 Å². The Labute approximate surface area is 115 Å². The van der Waals surface area contributed by atoms with Gasteiger partial charge in [-0.3, -0.25) is 0 Å². The molecule has 0 spiro atoms. The fraction of sp³-hybridized carbons (Fsp3) is 0.267. The quantitative estimate of drug-likeness (QED) is 0.708. The Kier molecular flexibility index (Phi) is 2.23. The number of fused-ring (bicyclic) bond motifs is 2. The van der Waals surface area contributed by atoms with Crippen LogP contribution < -0.4 is 5.73 Å². The van der Waals surface area contributed by atoms with Gasteiger partial charge in [0.2, 0.25) is 0 Å². The highest BCUT2D eigenvalue weighted by Gasteiger charge is 2.23. The predicted octanol–water partition coefficient (Wildman–Crippen LogP) is 3.67. The molecule has 0 saturated carbocycles. The third-order valence-corrected chi connectivity index (χ3v) is 4.94. The molecule has 0 aliphatic heterocycles. The van der Waals surface area contributed by atoms with Crippen molar-refractivity contribution < 1.29 is 0 Å². The third-order valence-electron chi connectivity index (χ3n) is 3.82. The van der Waals surface area contributed by atoms with Gasteiger partial charge in [-0.05, 0) is 49.4 Å². The van der Waals surface area contributed by atoms with Gasteiger partial charge in [0.15, 0.2) is 0 Å². The highest BCUT2D eigenvalue weighted by atomic mass is 32.1. The largest absolute Gasteiger partial charge is 0.390 e. The molecule has 0 bridgehead atoms. The molecule has 96 valence electrons. The second-order valence-corrected chi connectivity index (χ2v) is 6.34. The van der Waals surface area contributed by atoms with E-state index in [2.05, 4.69) is 30.1 Å². The Balaban J connectivity index is 1.95. The average molecular weight is 269 g/mol. The molecular formula is C15H15N3S. The molecule has 4 heteroatoms. The van der Waals surface area contributed by atoms with Crippen molar-refractivity contribution in [2.45, 2.75) is 26.2 Å². The molecule has 0 radical (unpaired) electrons. The maximum Gasteiger partial charge on any atom is 0.141 e. The molecule has 1 aliphatic carbocycles. The lowest BCUT2D eigenvalue weighted by molar-refractivity contribution is 0.915. The van der Waals surface area contributed by atoms with Crippen molar-refractivity contribution in [3.8, 4) is 11.4 Å². The summed E-state index contributed by atoms with van der Waals surface area (Å²) in [5, 5.41) is 0.903. The molecular weight excluding hydrogens is 254 g/mol. The van der Waals surface area contributed by atoms with Gasteiger partial charge in [-0.2, -0.15) is 0 Å². The summed E-state index contributed by atoms with van der Waals surface area (Å²) in [6, 6.07) is 6.29. The van der Waals surface area contributed by atoms with E-state index in [1.165, 1.54) is 28.8 Å². The highest BCUT2D eigenvalue weighted by molar-refractivity contribution is 7.16. The van der Waals surface area contributed by atoms with E-state index in [1.54, 1.807) is 11.3 Å². The first-order chi connectivity index (χ1) is 9.22. The van der Waals surface area contributed by atoms with Crippen LogP contribution in [0.3, 0.4) is 0 Å². The number of hydrogen-bond donors (Lipinski definition) is 2. The lowest BCUT2D eigenvalue weighted by Gasteiger charge is -1.98. The fourth-order valence-electron chi connectivity index (χ4n) is 2.93. The molecule has 1 aliphatic rings. The zero-order valence-electron chi connectivity index (χ0n) is 10.8. The number of benzene rings is 1. The number of H-pyrrole nitrogens is 1. The summed E-state index contributed by atoms with van der Waals surface area (Å²) in [5.74, 6) is 0.928. The van der Waals surface area contributed by atoms with Crippen molar-refractivity contribution in [1.82, 2.24) is 9.97 Å². The number of nitrogens with one attached hydrogen (secondary N) is 1. The Morgan fingerprint density at radius 1 is 1.32 bits per heavy atom. The summed E-state index contributed by atoms with van der Waals surface area (Å²) in [6.07, 6.45) is 3.55. The van der Waals surface area contributed by atoms with Gasteiger partial charge in [0.1, 0.15) is 5.82 Å². The van der Waals surface area contributed by atoms with E-state index in [-0.39, 0.29) is 0 Å². The summed E-state index contributed by atoms with van der Waals surface area (Å²) in [7, 11) is 0. The molecule has 0 saturated heterocycles. The van der Waals surface area contributed by atoms with E-state index in [0.29, 0.717) is 0 Å². The zero-order chi connectivity index (χ0) is 13.0. The molecule has 1 aromatic carbocycles. The van der Waals surface area contributed by atoms with Crippen LogP contribution in [0.4, 0.5) is 5.00 Å². The molecule has 3 N–H and O–H groups in total. The molecule has 2 heterocycles. The van der Waals surface area contributed by atoms with E-state index in [1.807, 2.05) is 0 Å². The maximum atomic E-state index is 6.19. The number of aryl methyl sites for hydroxylation is 2. The van der Waals surface area contributed by atoms with Gasteiger partial charge in [-0.15, -0.1) is 11.3 Å². The van der Waals surface area contributed by atoms with E-state index in [9.17, 15) is 0 Å². The number of anilines is 1. The number of nitrogens with two attached hydrogens (primary N) is 1. The molecule has 3 nitrogen and oxygen atoms in total. The van der Waals surface area contributed by atoms with Gasteiger partial charge in [-0.25, -0.2) is 4.98 Å². The molecule has 0 unspecified atom stereocenters. The van der Waals surface area contributed by atoms with Crippen LogP contribution in [-0.2, 0) is 12.8 Å². The number of nitrogen functional groups attached to an aromatic ring is 1.